The van der Waals surface area contributed by atoms with Crippen molar-refractivity contribution < 1.29 is 9.50 Å². The number of aliphatic hydroxyl groups excluding tert-OH is 1. The summed E-state index contributed by atoms with van der Waals surface area (Å²) in [4.78, 5) is 4.18. The third-order valence-electron chi connectivity index (χ3n) is 2.78. The van der Waals surface area contributed by atoms with Crippen molar-refractivity contribution in [3.8, 4) is 0 Å². The Bertz CT molecular complexity index is 559. The SMILES string of the molecule is Cc1cccnc1C(O)Cc1ccc(F)c(Br)c1. The van der Waals surface area contributed by atoms with Crippen molar-refractivity contribution in [2.45, 2.75) is 19.4 Å². The molecule has 1 unspecified atom stereocenters. The molecule has 1 heterocycles. The van der Waals surface area contributed by atoms with E-state index in [1.165, 1.54) is 6.07 Å². The molecule has 1 aromatic heterocycles. The summed E-state index contributed by atoms with van der Waals surface area (Å²) in [6.45, 7) is 1.91. The zero-order chi connectivity index (χ0) is 13.1. The van der Waals surface area contributed by atoms with Gasteiger partial charge in [0.1, 0.15) is 11.9 Å². The molecule has 0 saturated carbocycles. The molecule has 0 bridgehead atoms. The van der Waals surface area contributed by atoms with Crippen molar-refractivity contribution in [1.29, 1.82) is 0 Å². The van der Waals surface area contributed by atoms with Gasteiger partial charge in [0, 0.05) is 12.6 Å². The zero-order valence-corrected chi connectivity index (χ0v) is 11.5. The van der Waals surface area contributed by atoms with Gasteiger partial charge in [-0.25, -0.2) is 4.39 Å². The van der Waals surface area contributed by atoms with Crippen LogP contribution in [0.2, 0.25) is 0 Å². The summed E-state index contributed by atoms with van der Waals surface area (Å²) in [5.41, 5.74) is 2.48. The molecule has 0 spiro atoms. The zero-order valence-electron chi connectivity index (χ0n) is 9.90. The fourth-order valence-corrected chi connectivity index (χ4v) is 2.26. The molecule has 18 heavy (non-hydrogen) atoms. The van der Waals surface area contributed by atoms with E-state index < -0.39 is 6.10 Å². The van der Waals surface area contributed by atoms with Gasteiger partial charge in [0.05, 0.1) is 10.2 Å². The Balaban J connectivity index is 2.19. The molecule has 1 N–H and O–H groups in total. The van der Waals surface area contributed by atoms with Crippen LogP contribution in [0, 0.1) is 12.7 Å². The fourth-order valence-electron chi connectivity index (χ4n) is 1.83. The molecule has 0 aliphatic rings. The van der Waals surface area contributed by atoms with Gasteiger partial charge in [0.2, 0.25) is 0 Å². The molecule has 94 valence electrons. The summed E-state index contributed by atoms with van der Waals surface area (Å²) < 4.78 is 13.5. The van der Waals surface area contributed by atoms with Crippen molar-refractivity contribution in [2.75, 3.05) is 0 Å². The molecule has 0 amide bonds. The smallest absolute Gasteiger partial charge is 0.137 e. The summed E-state index contributed by atoms with van der Waals surface area (Å²) in [5, 5.41) is 10.1. The van der Waals surface area contributed by atoms with Crippen LogP contribution in [0.5, 0.6) is 0 Å². The Kier molecular flexibility index (Phi) is 4.09. The van der Waals surface area contributed by atoms with E-state index in [0.29, 0.717) is 16.6 Å². The van der Waals surface area contributed by atoms with Crippen molar-refractivity contribution in [1.82, 2.24) is 4.98 Å². The van der Waals surface area contributed by atoms with Gasteiger partial charge in [-0.05, 0) is 52.2 Å². The number of aromatic nitrogens is 1. The van der Waals surface area contributed by atoms with E-state index in [0.717, 1.165) is 11.1 Å². The Morgan fingerprint density at radius 2 is 2.17 bits per heavy atom. The van der Waals surface area contributed by atoms with Crippen molar-refractivity contribution >= 4 is 15.9 Å². The molecule has 2 nitrogen and oxygen atoms in total. The minimum Gasteiger partial charge on any atom is -0.386 e. The first kappa shape index (κ1) is 13.2. The van der Waals surface area contributed by atoms with Crippen molar-refractivity contribution in [2.24, 2.45) is 0 Å². The van der Waals surface area contributed by atoms with Gasteiger partial charge in [-0.1, -0.05) is 12.1 Å². The van der Waals surface area contributed by atoms with E-state index in [1.807, 2.05) is 19.1 Å². The van der Waals surface area contributed by atoms with E-state index in [2.05, 4.69) is 20.9 Å². The van der Waals surface area contributed by atoms with Gasteiger partial charge >= 0.3 is 0 Å². The van der Waals surface area contributed by atoms with Gasteiger partial charge in [-0.3, -0.25) is 4.98 Å². The molecule has 0 radical (unpaired) electrons. The van der Waals surface area contributed by atoms with Crippen molar-refractivity contribution in [3.05, 3.63) is 63.6 Å². The Labute approximate surface area is 114 Å². The van der Waals surface area contributed by atoms with Crippen LogP contribution in [-0.2, 0) is 6.42 Å². The fraction of sp³-hybridized carbons (Fsp3) is 0.214. The molecule has 2 rings (SSSR count). The summed E-state index contributed by atoms with van der Waals surface area (Å²) >= 11 is 3.13. The average Bonchev–Trinajstić information content (AvgIpc) is 2.34. The lowest BCUT2D eigenvalue weighted by Gasteiger charge is -2.12. The minimum absolute atomic E-state index is 0.303. The first-order valence-corrected chi connectivity index (χ1v) is 6.40. The van der Waals surface area contributed by atoms with Gasteiger partial charge in [0.25, 0.3) is 0 Å². The maximum atomic E-state index is 13.1. The number of hydrogen-bond acceptors (Lipinski definition) is 2. The summed E-state index contributed by atoms with van der Waals surface area (Å²) in [5.74, 6) is -0.303. The number of halogens is 2. The van der Waals surface area contributed by atoms with Gasteiger partial charge in [0.15, 0.2) is 0 Å². The molecule has 2 aromatic rings. The first-order chi connectivity index (χ1) is 8.58. The molecular weight excluding hydrogens is 297 g/mol. The predicted octanol–water partition coefficient (Wildman–Crippen LogP) is 3.57. The Morgan fingerprint density at radius 1 is 1.39 bits per heavy atom. The van der Waals surface area contributed by atoms with Crippen LogP contribution < -0.4 is 0 Å². The van der Waals surface area contributed by atoms with Crippen LogP contribution in [0.1, 0.15) is 22.9 Å². The number of benzene rings is 1. The molecule has 4 heteroatoms. The molecule has 0 fully saturated rings. The minimum atomic E-state index is -0.677. The van der Waals surface area contributed by atoms with E-state index >= 15 is 0 Å². The van der Waals surface area contributed by atoms with Crippen LogP contribution in [0.4, 0.5) is 4.39 Å². The average molecular weight is 310 g/mol. The van der Waals surface area contributed by atoms with Crippen LogP contribution in [-0.4, -0.2) is 10.1 Å². The molecule has 0 aliphatic carbocycles. The monoisotopic (exact) mass is 309 g/mol. The third kappa shape index (κ3) is 2.94. The Morgan fingerprint density at radius 3 is 2.83 bits per heavy atom. The standard InChI is InChI=1S/C14H13BrFNO/c1-9-3-2-6-17-14(9)13(18)8-10-4-5-12(16)11(15)7-10/h2-7,13,18H,8H2,1H3. The van der Waals surface area contributed by atoms with Crippen LogP contribution in [0.15, 0.2) is 41.0 Å². The van der Waals surface area contributed by atoms with Crippen LogP contribution in [0.25, 0.3) is 0 Å². The molecule has 0 aliphatic heterocycles. The maximum absolute atomic E-state index is 13.1. The van der Waals surface area contributed by atoms with E-state index in [4.69, 9.17) is 0 Å². The first-order valence-electron chi connectivity index (χ1n) is 5.61. The lowest BCUT2D eigenvalue weighted by atomic mass is 10.0. The summed E-state index contributed by atoms with van der Waals surface area (Å²) in [6.07, 6.45) is 1.40. The Hall–Kier alpha value is -1.26. The second kappa shape index (κ2) is 5.59. The molecular formula is C14H13BrFNO. The normalized spacial score (nSPS) is 12.4. The van der Waals surface area contributed by atoms with E-state index in [-0.39, 0.29) is 5.82 Å². The lowest BCUT2D eigenvalue weighted by Crippen LogP contribution is -2.06. The highest BCUT2D eigenvalue weighted by Crippen LogP contribution is 2.22. The lowest BCUT2D eigenvalue weighted by molar-refractivity contribution is 0.173. The largest absolute Gasteiger partial charge is 0.386 e. The predicted molar refractivity (Wildman–Crippen MR) is 71.7 cm³/mol. The van der Waals surface area contributed by atoms with Crippen molar-refractivity contribution in [3.63, 3.8) is 0 Å². The maximum Gasteiger partial charge on any atom is 0.137 e. The highest BCUT2D eigenvalue weighted by molar-refractivity contribution is 9.10. The second-order valence-corrected chi connectivity index (χ2v) is 5.03. The highest BCUT2D eigenvalue weighted by Gasteiger charge is 2.13. The van der Waals surface area contributed by atoms with Crippen LogP contribution >= 0.6 is 15.9 Å². The van der Waals surface area contributed by atoms with Gasteiger partial charge in [-0.2, -0.15) is 0 Å². The van der Waals surface area contributed by atoms with Crippen LogP contribution in [0.3, 0.4) is 0 Å². The summed E-state index contributed by atoms with van der Waals surface area (Å²) in [6, 6.07) is 8.47. The topological polar surface area (TPSA) is 33.1 Å². The number of rotatable bonds is 3. The number of pyridine rings is 1. The quantitative estimate of drug-likeness (QED) is 0.940. The summed E-state index contributed by atoms with van der Waals surface area (Å²) in [7, 11) is 0. The molecule has 1 atom stereocenters. The number of aryl methyl sites for hydroxylation is 1. The van der Waals surface area contributed by atoms with Gasteiger partial charge in [-0.15, -0.1) is 0 Å². The molecule has 0 saturated heterocycles. The van der Waals surface area contributed by atoms with Gasteiger partial charge < -0.3 is 5.11 Å². The van der Waals surface area contributed by atoms with E-state index in [9.17, 15) is 9.50 Å². The van der Waals surface area contributed by atoms with E-state index in [1.54, 1.807) is 18.3 Å². The molecule has 1 aromatic carbocycles. The number of aliphatic hydroxyl groups is 1. The third-order valence-corrected chi connectivity index (χ3v) is 3.39. The highest BCUT2D eigenvalue weighted by atomic mass is 79.9. The number of hydrogen-bond donors (Lipinski definition) is 1. The number of nitrogens with zero attached hydrogens (tertiary/aromatic N) is 1. The second-order valence-electron chi connectivity index (χ2n) is 4.17.